The lowest BCUT2D eigenvalue weighted by atomic mass is 10.3. The topological polar surface area (TPSA) is 61.0 Å². The number of hydrogen-bond donors (Lipinski definition) is 1. The number of anilines is 1. The van der Waals surface area contributed by atoms with Crippen LogP contribution < -0.4 is 10.5 Å². The molecule has 1 rings (SSSR count). The van der Waals surface area contributed by atoms with E-state index in [-0.39, 0.29) is 11.8 Å². The van der Waals surface area contributed by atoms with Crippen LogP contribution in [0.2, 0.25) is 0 Å². The first-order valence-electron chi connectivity index (χ1n) is 4.21. The van der Waals surface area contributed by atoms with Crippen LogP contribution in [0.3, 0.4) is 0 Å². The normalized spacial score (nSPS) is 9.86. The molecule has 5 heteroatoms. The van der Waals surface area contributed by atoms with Crippen molar-refractivity contribution in [1.82, 2.24) is 9.97 Å². The fourth-order valence-corrected chi connectivity index (χ4v) is 0.702. The van der Waals surface area contributed by atoms with Gasteiger partial charge in [0.05, 0.1) is 6.20 Å². The zero-order valence-electron chi connectivity index (χ0n) is 7.96. The summed E-state index contributed by atoms with van der Waals surface area (Å²) in [6.07, 6.45) is 1.79. The van der Waals surface area contributed by atoms with Crippen LogP contribution in [0.1, 0.15) is 13.3 Å². The zero-order valence-corrected chi connectivity index (χ0v) is 7.96. The van der Waals surface area contributed by atoms with Crippen molar-refractivity contribution in [2.24, 2.45) is 0 Å². The van der Waals surface area contributed by atoms with Crippen molar-refractivity contribution in [3.05, 3.63) is 24.2 Å². The predicted octanol–water partition coefficient (Wildman–Crippen LogP) is 1.54. The summed E-state index contributed by atoms with van der Waals surface area (Å²) >= 11 is 0. The minimum absolute atomic E-state index is 0.0681. The molecule has 0 saturated heterocycles. The van der Waals surface area contributed by atoms with E-state index in [0.717, 1.165) is 18.2 Å². The maximum atomic E-state index is 12.6. The van der Waals surface area contributed by atoms with Crippen molar-refractivity contribution in [1.29, 1.82) is 0 Å². The molecular formula is C9H12FN3O. The Labute approximate surface area is 81.6 Å². The summed E-state index contributed by atoms with van der Waals surface area (Å²) in [7, 11) is 0. The van der Waals surface area contributed by atoms with Gasteiger partial charge in [0.2, 0.25) is 0 Å². The number of ether oxygens (including phenoxy) is 1. The minimum Gasteiger partial charge on any atom is -0.459 e. The molecule has 0 fully saturated rings. The molecule has 76 valence electrons. The van der Waals surface area contributed by atoms with Gasteiger partial charge in [0.15, 0.2) is 11.6 Å². The average molecular weight is 197 g/mol. The highest BCUT2D eigenvalue weighted by molar-refractivity contribution is 5.29. The summed E-state index contributed by atoms with van der Waals surface area (Å²) in [6.45, 7) is 6.03. The van der Waals surface area contributed by atoms with Crippen LogP contribution in [0.4, 0.5) is 10.2 Å². The van der Waals surface area contributed by atoms with E-state index in [4.69, 9.17) is 10.5 Å². The Morgan fingerprint density at radius 3 is 3.00 bits per heavy atom. The monoisotopic (exact) mass is 197 g/mol. The van der Waals surface area contributed by atoms with E-state index in [0.29, 0.717) is 6.61 Å². The standard InChI is InChI=1S/C9H12FN3O/c1-3-6(2)5-14-9-12-4-7(10)8(11)13-9/h4H,2-3,5H2,1H3,(H2,11,12,13). The summed E-state index contributed by atoms with van der Waals surface area (Å²) in [5, 5.41) is 0. The first kappa shape index (κ1) is 10.4. The van der Waals surface area contributed by atoms with E-state index >= 15 is 0 Å². The highest BCUT2D eigenvalue weighted by Gasteiger charge is 2.03. The van der Waals surface area contributed by atoms with E-state index in [2.05, 4.69) is 16.5 Å². The predicted molar refractivity (Wildman–Crippen MR) is 51.3 cm³/mol. The number of nitrogens with zero attached hydrogens (tertiary/aromatic N) is 2. The average Bonchev–Trinajstić information content (AvgIpc) is 2.19. The fourth-order valence-electron chi connectivity index (χ4n) is 0.702. The van der Waals surface area contributed by atoms with Crippen molar-refractivity contribution in [2.75, 3.05) is 12.3 Å². The molecule has 1 aromatic rings. The molecule has 2 N–H and O–H groups in total. The molecule has 1 heterocycles. The lowest BCUT2D eigenvalue weighted by Crippen LogP contribution is -2.05. The van der Waals surface area contributed by atoms with Crippen LogP contribution in [0, 0.1) is 5.82 Å². The summed E-state index contributed by atoms with van der Waals surface area (Å²) in [5.41, 5.74) is 6.14. The molecular weight excluding hydrogens is 185 g/mol. The molecule has 0 spiro atoms. The van der Waals surface area contributed by atoms with E-state index < -0.39 is 5.82 Å². The van der Waals surface area contributed by atoms with Crippen molar-refractivity contribution in [2.45, 2.75) is 13.3 Å². The lowest BCUT2D eigenvalue weighted by Gasteiger charge is -2.05. The van der Waals surface area contributed by atoms with Gasteiger partial charge in [0.25, 0.3) is 0 Å². The molecule has 0 bridgehead atoms. The number of halogens is 1. The molecule has 0 atom stereocenters. The maximum absolute atomic E-state index is 12.6. The Hall–Kier alpha value is -1.65. The molecule has 0 aliphatic rings. The molecule has 14 heavy (non-hydrogen) atoms. The summed E-state index contributed by atoms with van der Waals surface area (Å²) in [6, 6.07) is 0.0681. The van der Waals surface area contributed by atoms with Crippen molar-refractivity contribution in [3.8, 4) is 6.01 Å². The zero-order chi connectivity index (χ0) is 10.6. The minimum atomic E-state index is -0.647. The summed E-state index contributed by atoms with van der Waals surface area (Å²) in [4.78, 5) is 7.22. The van der Waals surface area contributed by atoms with Crippen molar-refractivity contribution >= 4 is 5.82 Å². The third kappa shape index (κ3) is 2.69. The number of nitrogen functional groups attached to an aromatic ring is 1. The highest BCUT2D eigenvalue weighted by atomic mass is 19.1. The third-order valence-corrected chi connectivity index (χ3v) is 1.65. The Morgan fingerprint density at radius 1 is 1.71 bits per heavy atom. The first-order chi connectivity index (χ1) is 6.63. The van der Waals surface area contributed by atoms with E-state index in [1.54, 1.807) is 0 Å². The molecule has 0 aliphatic heterocycles. The second-order valence-corrected chi connectivity index (χ2v) is 2.78. The molecule has 0 saturated carbocycles. The largest absolute Gasteiger partial charge is 0.459 e. The Balaban J connectivity index is 2.60. The van der Waals surface area contributed by atoms with Gasteiger partial charge < -0.3 is 10.5 Å². The second-order valence-electron chi connectivity index (χ2n) is 2.78. The Bertz CT molecular complexity index is 341. The number of aromatic nitrogens is 2. The number of rotatable bonds is 4. The number of nitrogens with two attached hydrogens (primary N) is 1. The van der Waals surface area contributed by atoms with Gasteiger partial charge in [-0.25, -0.2) is 9.37 Å². The van der Waals surface area contributed by atoms with Gasteiger partial charge in [0.1, 0.15) is 6.61 Å². The number of hydrogen-bond acceptors (Lipinski definition) is 4. The molecule has 0 aromatic carbocycles. The first-order valence-corrected chi connectivity index (χ1v) is 4.21. The second kappa shape index (κ2) is 4.55. The molecule has 0 amide bonds. The van der Waals surface area contributed by atoms with Gasteiger partial charge in [0, 0.05) is 0 Å². The maximum Gasteiger partial charge on any atom is 0.318 e. The molecule has 4 nitrogen and oxygen atoms in total. The third-order valence-electron chi connectivity index (χ3n) is 1.65. The summed E-state index contributed by atoms with van der Waals surface area (Å²) < 4.78 is 17.8. The Morgan fingerprint density at radius 2 is 2.43 bits per heavy atom. The fraction of sp³-hybridized carbons (Fsp3) is 0.333. The van der Waals surface area contributed by atoms with Crippen LogP contribution in [0.15, 0.2) is 18.3 Å². The summed E-state index contributed by atoms with van der Waals surface area (Å²) in [5.74, 6) is -0.858. The van der Waals surface area contributed by atoms with Crippen molar-refractivity contribution in [3.63, 3.8) is 0 Å². The smallest absolute Gasteiger partial charge is 0.318 e. The van der Waals surface area contributed by atoms with Crippen LogP contribution in [0.5, 0.6) is 6.01 Å². The molecule has 0 unspecified atom stereocenters. The Kier molecular flexibility index (Phi) is 3.39. The molecule has 1 aromatic heterocycles. The van der Waals surface area contributed by atoms with Gasteiger partial charge in [-0.2, -0.15) is 4.98 Å². The van der Waals surface area contributed by atoms with Crippen LogP contribution >= 0.6 is 0 Å². The van der Waals surface area contributed by atoms with Gasteiger partial charge in [-0.3, -0.25) is 0 Å². The SMILES string of the molecule is C=C(CC)COc1ncc(F)c(N)n1. The van der Waals surface area contributed by atoms with Gasteiger partial charge in [-0.1, -0.05) is 13.5 Å². The quantitative estimate of drug-likeness (QED) is 0.744. The van der Waals surface area contributed by atoms with E-state index in [1.165, 1.54) is 0 Å². The van der Waals surface area contributed by atoms with Gasteiger partial charge >= 0.3 is 6.01 Å². The van der Waals surface area contributed by atoms with Crippen molar-refractivity contribution < 1.29 is 9.13 Å². The van der Waals surface area contributed by atoms with Crippen LogP contribution in [-0.4, -0.2) is 16.6 Å². The van der Waals surface area contributed by atoms with Crippen LogP contribution in [0.25, 0.3) is 0 Å². The molecule has 0 radical (unpaired) electrons. The van der Waals surface area contributed by atoms with Gasteiger partial charge in [-0.05, 0) is 12.0 Å². The van der Waals surface area contributed by atoms with Gasteiger partial charge in [-0.15, -0.1) is 0 Å². The van der Waals surface area contributed by atoms with E-state index in [9.17, 15) is 4.39 Å². The highest BCUT2D eigenvalue weighted by Crippen LogP contribution is 2.10. The van der Waals surface area contributed by atoms with Crippen LogP contribution in [-0.2, 0) is 0 Å². The molecule has 0 aliphatic carbocycles. The van der Waals surface area contributed by atoms with E-state index in [1.807, 2.05) is 6.92 Å². The lowest BCUT2D eigenvalue weighted by molar-refractivity contribution is 0.319.